The number of fused-ring (bicyclic) bond motifs is 3. The van der Waals surface area contributed by atoms with Crippen molar-refractivity contribution in [2.24, 2.45) is 0 Å². The fraction of sp³-hybridized carbons (Fsp3) is 0. The van der Waals surface area contributed by atoms with E-state index in [9.17, 15) is 29.4 Å². The van der Waals surface area contributed by atoms with Gasteiger partial charge in [-0.3, -0.25) is 19.6 Å². The fourth-order valence-corrected chi connectivity index (χ4v) is 3.88. The third kappa shape index (κ3) is 3.43. The van der Waals surface area contributed by atoms with Crippen molar-refractivity contribution in [3.05, 3.63) is 95.3 Å². The number of carbonyl (C=O) groups is 4. The lowest BCUT2D eigenvalue weighted by Gasteiger charge is -2.18. The summed E-state index contributed by atoms with van der Waals surface area (Å²) in [5.74, 6) is -3.65. The smallest absolute Gasteiger partial charge is 0.335 e. The molecule has 0 bridgehead atoms. The van der Waals surface area contributed by atoms with Gasteiger partial charge < -0.3 is 10.2 Å². The molecule has 34 heavy (non-hydrogen) atoms. The molecule has 2 heterocycles. The molecule has 5 rings (SSSR count). The normalized spacial score (nSPS) is 12.1. The summed E-state index contributed by atoms with van der Waals surface area (Å²) in [6.07, 6.45) is 3.00. The van der Waals surface area contributed by atoms with Crippen molar-refractivity contribution in [1.29, 1.82) is 0 Å². The third-order valence-electron chi connectivity index (χ3n) is 5.58. The number of pyridine rings is 2. The van der Waals surface area contributed by atoms with Crippen LogP contribution in [0.1, 0.15) is 41.4 Å². The molecular formula is C26H14N2O6. The predicted molar refractivity (Wildman–Crippen MR) is 121 cm³/mol. The van der Waals surface area contributed by atoms with Gasteiger partial charge in [-0.15, -0.1) is 0 Å². The number of hydrogen-bond acceptors (Lipinski definition) is 6. The number of rotatable bonds is 4. The third-order valence-corrected chi connectivity index (χ3v) is 5.58. The highest BCUT2D eigenvalue weighted by atomic mass is 16.4. The molecule has 0 amide bonds. The van der Waals surface area contributed by atoms with Crippen LogP contribution in [-0.4, -0.2) is 43.7 Å². The van der Waals surface area contributed by atoms with E-state index < -0.39 is 23.5 Å². The molecule has 1 aliphatic rings. The van der Waals surface area contributed by atoms with Crippen molar-refractivity contribution in [3.63, 3.8) is 0 Å². The number of carboxylic acid groups (broad SMARTS) is 2. The molecule has 4 aromatic rings. The molecule has 0 radical (unpaired) electrons. The van der Waals surface area contributed by atoms with E-state index >= 15 is 0 Å². The Kier molecular flexibility index (Phi) is 4.83. The molecule has 0 aliphatic heterocycles. The highest BCUT2D eigenvalue weighted by Gasteiger charge is 2.33. The molecule has 8 heteroatoms. The van der Waals surface area contributed by atoms with Crippen molar-refractivity contribution in [3.8, 4) is 33.6 Å². The van der Waals surface area contributed by atoms with Gasteiger partial charge in [-0.25, -0.2) is 9.59 Å². The first-order valence-corrected chi connectivity index (χ1v) is 10.1. The molecule has 0 atom stereocenters. The average molecular weight is 450 g/mol. The van der Waals surface area contributed by atoms with Crippen LogP contribution < -0.4 is 0 Å². The largest absolute Gasteiger partial charge is 0.478 e. The molecule has 1 aliphatic carbocycles. The van der Waals surface area contributed by atoms with Crippen molar-refractivity contribution in [1.82, 2.24) is 9.97 Å². The molecule has 0 unspecified atom stereocenters. The summed E-state index contributed by atoms with van der Waals surface area (Å²) in [5, 5.41) is 18.5. The Balaban J connectivity index is 1.60. The number of aromatic carboxylic acids is 2. The number of carbonyl (C=O) groups excluding carboxylic acids is 2. The van der Waals surface area contributed by atoms with E-state index in [1.54, 1.807) is 24.3 Å². The number of carboxylic acids is 2. The minimum absolute atomic E-state index is 0.0869. The maximum absolute atomic E-state index is 12.9. The zero-order valence-electron chi connectivity index (χ0n) is 17.4. The van der Waals surface area contributed by atoms with Crippen LogP contribution in [-0.2, 0) is 0 Å². The zero-order chi connectivity index (χ0) is 24.0. The fourth-order valence-electron chi connectivity index (χ4n) is 3.88. The summed E-state index contributed by atoms with van der Waals surface area (Å²) in [5.41, 5.74) is 2.93. The molecule has 2 N–H and O–H groups in total. The molecule has 164 valence electrons. The lowest BCUT2D eigenvalue weighted by molar-refractivity contribution is 0.0686. The highest BCUT2D eigenvalue weighted by Crippen LogP contribution is 2.35. The average Bonchev–Trinajstić information content (AvgIpc) is 2.86. The maximum Gasteiger partial charge on any atom is 0.335 e. The van der Waals surface area contributed by atoms with E-state index in [0.29, 0.717) is 22.3 Å². The highest BCUT2D eigenvalue weighted by molar-refractivity contribution is 6.52. The van der Waals surface area contributed by atoms with E-state index in [1.165, 1.54) is 48.8 Å². The van der Waals surface area contributed by atoms with Crippen molar-refractivity contribution >= 4 is 23.5 Å². The van der Waals surface area contributed by atoms with Gasteiger partial charge in [0.2, 0.25) is 11.6 Å². The number of hydrogen-bond donors (Lipinski definition) is 2. The minimum Gasteiger partial charge on any atom is -0.478 e. The first-order chi connectivity index (χ1) is 16.3. The number of benzene rings is 2. The van der Waals surface area contributed by atoms with Crippen LogP contribution in [0.5, 0.6) is 0 Å². The molecule has 2 aromatic carbocycles. The van der Waals surface area contributed by atoms with Gasteiger partial charge >= 0.3 is 11.9 Å². The Morgan fingerprint density at radius 2 is 1.00 bits per heavy atom. The van der Waals surface area contributed by atoms with E-state index in [0.717, 1.165) is 0 Å². The lowest BCUT2D eigenvalue weighted by Crippen LogP contribution is -2.23. The van der Waals surface area contributed by atoms with E-state index in [4.69, 9.17) is 0 Å². The molecule has 0 spiro atoms. The molecule has 0 fully saturated rings. The van der Waals surface area contributed by atoms with Gasteiger partial charge in [-0.1, -0.05) is 24.3 Å². The number of nitrogens with zero attached hydrogens (tertiary/aromatic N) is 2. The topological polar surface area (TPSA) is 135 Å². The maximum atomic E-state index is 12.9. The monoisotopic (exact) mass is 450 g/mol. The molecular weight excluding hydrogens is 436 g/mol. The first-order valence-electron chi connectivity index (χ1n) is 10.1. The SMILES string of the molecule is O=C(O)c1cccc(-c2cnc3c(c2)C(=O)C(=O)c2cc(-c4cccc(C(=O)O)c4)cnc2-3)c1. The molecule has 2 aromatic heterocycles. The van der Waals surface area contributed by atoms with Crippen molar-refractivity contribution in [2.75, 3.05) is 0 Å². The van der Waals surface area contributed by atoms with Crippen molar-refractivity contribution < 1.29 is 29.4 Å². The van der Waals surface area contributed by atoms with Crippen LogP contribution in [0.4, 0.5) is 0 Å². The second-order valence-corrected chi connectivity index (χ2v) is 7.67. The quantitative estimate of drug-likeness (QED) is 0.441. The van der Waals surface area contributed by atoms with Gasteiger partial charge in [0.1, 0.15) is 11.4 Å². The van der Waals surface area contributed by atoms with Crippen molar-refractivity contribution in [2.45, 2.75) is 0 Å². The van der Waals surface area contributed by atoms with Gasteiger partial charge in [0, 0.05) is 23.5 Å². The number of aromatic nitrogens is 2. The van der Waals surface area contributed by atoms with E-state index in [-0.39, 0.29) is 33.6 Å². The van der Waals surface area contributed by atoms with Crippen LogP contribution >= 0.6 is 0 Å². The van der Waals surface area contributed by atoms with Gasteiger partial charge in [-0.05, 0) is 47.5 Å². The Morgan fingerprint density at radius 3 is 1.38 bits per heavy atom. The Hall–Kier alpha value is -4.98. The standard InChI is InChI=1S/C26H14N2O6/c29-23-19-9-17(13-3-1-5-15(7-13)25(31)32)11-27-21(19)22-20(24(23)30)10-18(12-28-22)14-4-2-6-16(8-14)26(33)34/h1-12H,(H,31,32)(H,33,34). The van der Waals surface area contributed by atoms with Crippen LogP contribution in [0.2, 0.25) is 0 Å². The summed E-state index contributed by atoms with van der Waals surface area (Å²) in [6.45, 7) is 0. The van der Waals surface area contributed by atoms with Gasteiger partial charge in [0.05, 0.1) is 22.3 Å². The Morgan fingerprint density at radius 1 is 0.588 bits per heavy atom. The van der Waals surface area contributed by atoms with Crippen LogP contribution in [0, 0.1) is 0 Å². The van der Waals surface area contributed by atoms with Crippen LogP contribution in [0.25, 0.3) is 33.6 Å². The van der Waals surface area contributed by atoms with Gasteiger partial charge in [0.25, 0.3) is 0 Å². The summed E-state index contributed by atoms with van der Waals surface area (Å²) < 4.78 is 0. The minimum atomic E-state index is -1.08. The second-order valence-electron chi connectivity index (χ2n) is 7.67. The molecule has 8 nitrogen and oxygen atoms in total. The molecule has 0 saturated carbocycles. The molecule has 0 saturated heterocycles. The van der Waals surface area contributed by atoms with E-state index in [1.807, 2.05) is 0 Å². The summed E-state index contributed by atoms with van der Waals surface area (Å²) in [6, 6.07) is 15.4. The first kappa shape index (κ1) is 20.9. The van der Waals surface area contributed by atoms with Crippen LogP contribution in [0.3, 0.4) is 0 Å². The Bertz CT molecular complexity index is 1440. The summed E-state index contributed by atoms with van der Waals surface area (Å²) >= 11 is 0. The zero-order valence-corrected chi connectivity index (χ0v) is 17.4. The van der Waals surface area contributed by atoms with Gasteiger partial charge in [-0.2, -0.15) is 0 Å². The van der Waals surface area contributed by atoms with Crippen LogP contribution in [0.15, 0.2) is 73.1 Å². The number of ketones is 2. The predicted octanol–water partition coefficient (Wildman–Crippen LogP) is 4.25. The Labute approximate surface area is 192 Å². The lowest BCUT2D eigenvalue weighted by atomic mass is 9.87. The van der Waals surface area contributed by atoms with E-state index in [2.05, 4.69) is 9.97 Å². The number of Topliss-reactive ketones (excluding diaryl/α,β-unsaturated/α-hetero) is 2. The summed E-state index contributed by atoms with van der Waals surface area (Å²) in [7, 11) is 0. The second kappa shape index (κ2) is 7.86. The van der Waals surface area contributed by atoms with Gasteiger partial charge in [0.15, 0.2) is 0 Å². The summed E-state index contributed by atoms with van der Waals surface area (Å²) in [4.78, 5) is 57.2.